The number of ketones is 1. The summed E-state index contributed by atoms with van der Waals surface area (Å²) in [7, 11) is 0. The summed E-state index contributed by atoms with van der Waals surface area (Å²) < 4.78 is 13.3. The van der Waals surface area contributed by atoms with E-state index in [0.717, 1.165) is 28.9 Å². The van der Waals surface area contributed by atoms with Crippen molar-refractivity contribution in [2.24, 2.45) is 0 Å². The summed E-state index contributed by atoms with van der Waals surface area (Å²) in [6, 6.07) is 11.5. The predicted molar refractivity (Wildman–Crippen MR) is 103 cm³/mol. The van der Waals surface area contributed by atoms with Gasteiger partial charge in [0.05, 0.1) is 5.69 Å². The number of Topliss-reactive ketones (excluding diaryl/α,β-unsaturated/α-hetero) is 1. The van der Waals surface area contributed by atoms with E-state index < -0.39 is 0 Å². The number of benzene rings is 2. The second-order valence-electron chi connectivity index (χ2n) is 7.11. The van der Waals surface area contributed by atoms with Crippen LogP contribution in [0.1, 0.15) is 42.7 Å². The molecule has 2 aromatic carbocycles. The molecule has 0 saturated heterocycles. The molecule has 138 valence electrons. The topological polar surface area (TPSA) is 37.4 Å². The minimum absolute atomic E-state index is 0.0665. The highest BCUT2D eigenvalue weighted by molar-refractivity contribution is 6.31. The highest BCUT2D eigenvalue weighted by Crippen LogP contribution is 2.44. The lowest BCUT2D eigenvalue weighted by atomic mass is 9.77. The highest BCUT2D eigenvalue weighted by Gasteiger charge is 2.40. The maximum Gasteiger partial charge on any atom is 0.232 e. The van der Waals surface area contributed by atoms with E-state index in [1.165, 1.54) is 12.1 Å². The molecule has 1 amide bonds. The molecule has 1 atom stereocenters. The number of aryl methyl sites for hydroxylation is 1. The van der Waals surface area contributed by atoms with Crippen molar-refractivity contribution < 1.29 is 14.0 Å². The molecule has 0 spiro atoms. The molecule has 2 aromatic rings. The largest absolute Gasteiger partial charge is 0.294 e. The average molecular weight is 384 g/mol. The molecule has 0 aromatic heterocycles. The van der Waals surface area contributed by atoms with E-state index in [0.29, 0.717) is 23.4 Å². The lowest BCUT2D eigenvalue weighted by molar-refractivity contribution is -0.119. The molecular formula is C22H19ClFNO2. The minimum Gasteiger partial charge on any atom is -0.294 e. The van der Waals surface area contributed by atoms with E-state index >= 15 is 0 Å². The molecule has 2 aliphatic rings. The summed E-state index contributed by atoms with van der Waals surface area (Å²) >= 11 is 6.17. The van der Waals surface area contributed by atoms with Gasteiger partial charge in [-0.25, -0.2) is 4.39 Å². The van der Waals surface area contributed by atoms with Crippen LogP contribution in [0.2, 0.25) is 5.02 Å². The number of amides is 1. The Hall–Kier alpha value is -2.46. The molecule has 5 heteroatoms. The van der Waals surface area contributed by atoms with Crippen LogP contribution in [0.15, 0.2) is 53.7 Å². The Balaban J connectivity index is 1.88. The van der Waals surface area contributed by atoms with Crippen molar-refractivity contribution >= 4 is 29.0 Å². The first-order valence-electron chi connectivity index (χ1n) is 9.06. The number of anilines is 1. The zero-order chi connectivity index (χ0) is 19.1. The van der Waals surface area contributed by atoms with Crippen LogP contribution in [0, 0.1) is 12.7 Å². The van der Waals surface area contributed by atoms with Gasteiger partial charge in [0, 0.05) is 35.1 Å². The number of carbonyl (C=O) groups excluding carboxylic acids is 2. The van der Waals surface area contributed by atoms with E-state index in [-0.39, 0.29) is 29.8 Å². The smallest absolute Gasteiger partial charge is 0.232 e. The quantitative estimate of drug-likeness (QED) is 0.704. The molecule has 0 saturated carbocycles. The summed E-state index contributed by atoms with van der Waals surface area (Å²) in [5.74, 6) is -0.649. The summed E-state index contributed by atoms with van der Waals surface area (Å²) in [4.78, 5) is 27.6. The van der Waals surface area contributed by atoms with Gasteiger partial charge in [0.1, 0.15) is 5.82 Å². The van der Waals surface area contributed by atoms with Crippen molar-refractivity contribution in [3.8, 4) is 0 Å². The second kappa shape index (κ2) is 6.93. The normalized spacial score (nSPS) is 20.1. The van der Waals surface area contributed by atoms with Gasteiger partial charge in [-0.15, -0.1) is 0 Å². The number of hydrogen-bond acceptors (Lipinski definition) is 2. The van der Waals surface area contributed by atoms with Crippen molar-refractivity contribution in [2.45, 2.75) is 38.5 Å². The van der Waals surface area contributed by atoms with Crippen LogP contribution >= 0.6 is 11.6 Å². The standard InChI is InChI=1S/C22H19ClFNO2/c1-13-5-8-15(23)11-19(13)25-18-3-2-4-20(26)22(18)17(12-21(25)27)14-6-9-16(24)10-7-14/h5-11,17H,2-4,12H2,1H3. The molecule has 1 unspecified atom stereocenters. The Labute approximate surface area is 162 Å². The van der Waals surface area contributed by atoms with Crippen molar-refractivity contribution in [1.29, 1.82) is 0 Å². The Kier molecular flexibility index (Phi) is 4.60. The Morgan fingerprint density at radius 2 is 1.81 bits per heavy atom. The monoisotopic (exact) mass is 383 g/mol. The third-order valence-corrected chi connectivity index (χ3v) is 5.59. The molecule has 4 rings (SSSR count). The molecule has 1 aliphatic heterocycles. The molecule has 27 heavy (non-hydrogen) atoms. The summed E-state index contributed by atoms with van der Waals surface area (Å²) in [5, 5.41) is 0.549. The van der Waals surface area contributed by atoms with E-state index in [2.05, 4.69) is 0 Å². The van der Waals surface area contributed by atoms with Crippen LogP contribution in [0.5, 0.6) is 0 Å². The molecule has 0 radical (unpaired) electrons. The van der Waals surface area contributed by atoms with Crippen LogP contribution in [-0.2, 0) is 9.59 Å². The maximum absolute atomic E-state index is 13.3. The second-order valence-corrected chi connectivity index (χ2v) is 7.54. The number of nitrogens with zero attached hydrogens (tertiary/aromatic N) is 1. The lowest BCUT2D eigenvalue weighted by Crippen LogP contribution is -2.40. The van der Waals surface area contributed by atoms with Gasteiger partial charge in [-0.1, -0.05) is 29.8 Å². The van der Waals surface area contributed by atoms with E-state index in [1.807, 2.05) is 13.0 Å². The van der Waals surface area contributed by atoms with Gasteiger partial charge in [-0.3, -0.25) is 14.5 Å². The average Bonchev–Trinajstić information content (AvgIpc) is 2.64. The first-order valence-corrected chi connectivity index (χ1v) is 9.44. The van der Waals surface area contributed by atoms with Gasteiger partial charge in [0.2, 0.25) is 5.91 Å². The zero-order valence-corrected chi connectivity index (χ0v) is 15.7. The van der Waals surface area contributed by atoms with Crippen LogP contribution in [0.3, 0.4) is 0 Å². The van der Waals surface area contributed by atoms with Gasteiger partial charge in [-0.2, -0.15) is 0 Å². The van der Waals surface area contributed by atoms with E-state index in [1.54, 1.807) is 29.2 Å². The van der Waals surface area contributed by atoms with Gasteiger partial charge in [0.25, 0.3) is 0 Å². The number of carbonyl (C=O) groups is 2. The predicted octanol–water partition coefficient (Wildman–Crippen LogP) is 5.32. The minimum atomic E-state index is -0.332. The number of rotatable bonds is 2. The lowest BCUT2D eigenvalue weighted by Gasteiger charge is -2.39. The van der Waals surface area contributed by atoms with Crippen molar-refractivity contribution in [2.75, 3.05) is 4.90 Å². The Bertz CT molecular complexity index is 965. The fraction of sp³-hybridized carbons (Fsp3) is 0.273. The number of allylic oxidation sites excluding steroid dienone is 2. The third kappa shape index (κ3) is 3.19. The molecule has 0 fully saturated rings. The maximum atomic E-state index is 13.3. The first-order chi connectivity index (χ1) is 13.0. The molecule has 1 heterocycles. The number of halogens is 2. The van der Waals surface area contributed by atoms with Crippen molar-refractivity contribution in [1.82, 2.24) is 0 Å². The molecule has 1 aliphatic carbocycles. The highest BCUT2D eigenvalue weighted by atomic mass is 35.5. The number of hydrogen-bond donors (Lipinski definition) is 0. The summed E-state index contributed by atoms with van der Waals surface area (Å²) in [6.45, 7) is 1.93. The SMILES string of the molecule is Cc1ccc(Cl)cc1N1C(=O)CC(c2ccc(F)cc2)C2=C1CCCC2=O. The first kappa shape index (κ1) is 17.9. The molecule has 3 nitrogen and oxygen atoms in total. The van der Waals surface area contributed by atoms with E-state index in [4.69, 9.17) is 11.6 Å². The summed E-state index contributed by atoms with van der Waals surface area (Å²) in [5.41, 5.74) is 3.91. The fourth-order valence-electron chi connectivity index (χ4n) is 4.08. The summed E-state index contributed by atoms with van der Waals surface area (Å²) in [6.07, 6.45) is 2.04. The zero-order valence-electron chi connectivity index (χ0n) is 15.0. The van der Waals surface area contributed by atoms with Crippen LogP contribution in [0.4, 0.5) is 10.1 Å². The van der Waals surface area contributed by atoms with Crippen LogP contribution in [0.25, 0.3) is 0 Å². The van der Waals surface area contributed by atoms with Crippen molar-refractivity contribution in [3.63, 3.8) is 0 Å². The van der Waals surface area contributed by atoms with Crippen LogP contribution in [-0.4, -0.2) is 11.7 Å². The van der Waals surface area contributed by atoms with E-state index in [9.17, 15) is 14.0 Å². The van der Waals surface area contributed by atoms with Gasteiger partial charge in [-0.05, 0) is 55.2 Å². The van der Waals surface area contributed by atoms with Gasteiger partial charge >= 0.3 is 0 Å². The van der Waals surface area contributed by atoms with Crippen LogP contribution < -0.4 is 4.90 Å². The molecule has 0 N–H and O–H groups in total. The Morgan fingerprint density at radius 3 is 2.56 bits per heavy atom. The van der Waals surface area contributed by atoms with Crippen molar-refractivity contribution in [3.05, 3.63) is 75.7 Å². The Morgan fingerprint density at radius 1 is 1.07 bits per heavy atom. The van der Waals surface area contributed by atoms with Gasteiger partial charge in [0.15, 0.2) is 5.78 Å². The molecular weight excluding hydrogens is 365 g/mol. The molecule has 0 bridgehead atoms. The third-order valence-electron chi connectivity index (χ3n) is 5.36. The fourth-order valence-corrected chi connectivity index (χ4v) is 4.24. The van der Waals surface area contributed by atoms with Gasteiger partial charge < -0.3 is 0 Å².